The maximum absolute atomic E-state index is 5.58. The lowest BCUT2D eigenvalue weighted by Crippen LogP contribution is -1.98. The zero-order valence-corrected chi connectivity index (χ0v) is 8.20. The van der Waals surface area contributed by atoms with Crippen LogP contribution in [0.25, 0.3) is 0 Å². The molecule has 4 nitrogen and oxygen atoms in total. The molecule has 0 spiro atoms. The van der Waals surface area contributed by atoms with Gasteiger partial charge >= 0.3 is 0 Å². The highest BCUT2D eigenvalue weighted by Gasteiger charge is 2.05. The predicted molar refractivity (Wildman–Crippen MR) is 52.8 cm³/mol. The summed E-state index contributed by atoms with van der Waals surface area (Å²) in [6, 6.07) is 1.90. The zero-order chi connectivity index (χ0) is 9.80. The smallest absolute Gasteiger partial charge is 0.260 e. The summed E-state index contributed by atoms with van der Waals surface area (Å²) in [6.07, 6.45) is 6.65. The average Bonchev–Trinajstić information content (AvgIpc) is 2.71. The van der Waals surface area contributed by atoms with Crippen molar-refractivity contribution in [1.82, 2.24) is 9.97 Å². The average molecular weight is 207 g/mol. The summed E-state index contributed by atoms with van der Waals surface area (Å²) in [7, 11) is 0. The van der Waals surface area contributed by atoms with E-state index in [0.717, 1.165) is 10.5 Å². The van der Waals surface area contributed by atoms with Crippen LogP contribution in [0.15, 0.2) is 45.5 Å². The van der Waals surface area contributed by atoms with Crippen molar-refractivity contribution in [2.75, 3.05) is 0 Å². The van der Waals surface area contributed by atoms with Crippen LogP contribution in [0.1, 0.15) is 5.56 Å². The lowest BCUT2D eigenvalue weighted by molar-refractivity contribution is 0.454. The summed E-state index contributed by atoms with van der Waals surface area (Å²) < 4.78 is 5.13. The first-order valence-electron chi connectivity index (χ1n) is 4.10. The van der Waals surface area contributed by atoms with Crippen LogP contribution in [-0.2, 0) is 6.54 Å². The van der Waals surface area contributed by atoms with Gasteiger partial charge in [0.05, 0.1) is 6.20 Å². The van der Waals surface area contributed by atoms with E-state index in [1.54, 1.807) is 24.9 Å². The van der Waals surface area contributed by atoms with Crippen molar-refractivity contribution in [3.63, 3.8) is 0 Å². The molecule has 0 bridgehead atoms. The fraction of sp³-hybridized carbons (Fsp3) is 0.111. The second-order valence-electron chi connectivity index (χ2n) is 2.59. The van der Waals surface area contributed by atoms with E-state index in [4.69, 9.17) is 10.2 Å². The van der Waals surface area contributed by atoms with Gasteiger partial charge in [-0.3, -0.25) is 4.98 Å². The first-order valence-corrected chi connectivity index (χ1v) is 4.92. The Bertz CT molecular complexity index is 402. The van der Waals surface area contributed by atoms with E-state index in [1.807, 2.05) is 6.07 Å². The van der Waals surface area contributed by atoms with Gasteiger partial charge in [0.15, 0.2) is 0 Å². The van der Waals surface area contributed by atoms with E-state index in [-0.39, 0.29) is 0 Å². The van der Waals surface area contributed by atoms with Crippen molar-refractivity contribution in [3.05, 3.63) is 36.5 Å². The Morgan fingerprint density at radius 3 is 3.07 bits per heavy atom. The minimum absolute atomic E-state index is 0.469. The minimum atomic E-state index is 0.469. The van der Waals surface area contributed by atoms with E-state index in [0.29, 0.717) is 11.8 Å². The van der Waals surface area contributed by atoms with Crippen LogP contribution < -0.4 is 5.73 Å². The van der Waals surface area contributed by atoms with E-state index < -0.39 is 0 Å². The molecular weight excluding hydrogens is 198 g/mol. The van der Waals surface area contributed by atoms with Crippen LogP contribution in [-0.4, -0.2) is 9.97 Å². The summed E-state index contributed by atoms with van der Waals surface area (Å²) in [5, 5.41) is 0.617. The maximum atomic E-state index is 5.58. The molecule has 0 aliphatic heterocycles. The third-order valence-corrected chi connectivity index (χ3v) is 2.68. The largest absolute Gasteiger partial charge is 0.440 e. The third-order valence-electron chi connectivity index (χ3n) is 1.69. The van der Waals surface area contributed by atoms with Gasteiger partial charge < -0.3 is 10.2 Å². The van der Waals surface area contributed by atoms with E-state index in [1.165, 1.54) is 11.8 Å². The normalized spacial score (nSPS) is 10.4. The molecule has 0 aliphatic carbocycles. The molecule has 0 atom stereocenters. The number of hydrogen-bond donors (Lipinski definition) is 1. The quantitative estimate of drug-likeness (QED) is 0.829. The molecule has 0 radical (unpaired) electrons. The Balaban J connectivity index is 2.24. The molecule has 0 aromatic carbocycles. The highest BCUT2D eigenvalue weighted by atomic mass is 32.2. The van der Waals surface area contributed by atoms with Gasteiger partial charge in [-0.25, -0.2) is 4.98 Å². The zero-order valence-electron chi connectivity index (χ0n) is 7.38. The van der Waals surface area contributed by atoms with E-state index >= 15 is 0 Å². The van der Waals surface area contributed by atoms with Crippen molar-refractivity contribution in [2.24, 2.45) is 5.73 Å². The molecule has 14 heavy (non-hydrogen) atoms. The molecule has 0 unspecified atom stereocenters. The van der Waals surface area contributed by atoms with Crippen molar-refractivity contribution < 1.29 is 4.42 Å². The van der Waals surface area contributed by atoms with Gasteiger partial charge in [0, 0.05) is 23.8 Å². The van der Waals surface area contributed by atoms with Gasteiger partial charge in [-0.1, -0.05) is 0 Å². The molecule has 0 aliphatic rings. The van der Waals surface area contributed by atoms with Crippen molar-refractivity contribution in [1.29, 1.82) is 0 Å². The molecule has 5 heteroatoms. The van der Waals surface area contributed by atoms with E-state index in [9.17, 15) is 0 Å². The molecule has 2 aromatic heterocycles. The number of pyridine rings is 1. The molecular formula is C9H9N3OS. The standard InChI is InChI=1S/C9H9N3OS/c10-5-7-6-11-2-1-8(7)14-9-12-3-4-13-9/h1-4,6H,5,10H2. The molecule has 0 amide bonds. The Hall–Kier alpha value is -1.33. The van der Waals surface area contributed by atoms with Crippen LogP contribution in [0, 0.1) is 0 Å². The fourth-order valence-electron chi connectivity index (χ4n) is 1.02. The second-order valence-corrected chi connectivity index (χ2v) is 3.58. The summed E-state index contributed by atoms with van der Waals surface area (Å²) in [6.45, 7) is 0.469. The molecule has 0 saturated carbocycles. The Labute approximate surface area is 85.6 Å². The monoisotopic (exact) mass is 207 g/mol. The highest BCUT2D eigenvalue weighted by molar-refractivity contribution is 7.99. The number of aromatic nitrogens is 2. The van der Waals surface area contributed by atoms with Crippen LogP contribution in [0.2, 0.25) is 0 Å². The first-order chi connectivity index (χ1) is 6.90. The summed E-state index contributed by atoms with van der Waals surface area (Å²) in [4.78, 5) is 9.06. The molecule has 2 aromatic rings. The number of nitrogens with two attached hydrogens (primary N) is 1. The van der Waals surface area contributed by atoms with Crippen molar-refractivity contribution in [3.8, 4) is 0 Å². The van der Waals surface area contributed by atoms with Gasteiger partial charge in [0.25, 0.3) is 5.22 Å². The van der Waals surface area contributed by atoms with Crippen LogP contribution in [0.5, 0.6) is 0 Å². The number of hydrogen-bond acceptors (Lipinski definition) is 5. The molecule has 2 rings (SSSR count). The first kappa shape index (κ1) is 9.23. The van der Waals surface area contributed by atoms with Crippen LogP contribution in [0.3, 0.4) is 0 Å². The third kappa shape index (κ3) is 1.94. The predicted octanol–water partition coefficient (Wildman–Crippen LogP) is 1.68. The molecule has 0 saturated heterocycles. The molecule has 0 fully saturated rings. The van der Waals surface area contributed by atoms with E-state index in [2.05, 4.69) is 9.97 Å². The summed E-state index contributed by atoms with van der Waals surface area (Å²) in [5.41, 5.74) is 6.57. The fourth-order valence-corrected chi connectivity index (χ4v) is 1.82. The number of rotatable bonds is 3. The summed E-state index contributed by atoms with van der Waals surface area (Å²) >= 11 is 1.45. The van der Waals surface area contributed by atoms with Gasteiger partial charge in [-0.15, -0.1) is 0 Å². The SMILES string of the molecule is NCc1cnccc1Sc1ncco1. The molecule has 72 valence electrons. The van der Waals surface area contributed by atoms with Gasteiger partial charge in [-0.2, -0.15) is 0 Å². The Morgan fingerprint density at radius 1 is 1.43 bits per heavy atom. The van der Waals surface area contributed by atoms with Gasteiger partial charge in [0.2, 0.25) is 0 Å². The van der Waals surface area contributed by atoms with Gasteiger partial charge in [0.1, 0.15) is 6.26 Å². The Kier molecular flexibility index (Phi) is 2.81. The lowest BCUT2D eigenvalue weighted by atomic mass is 10.3. The molecule has 2 N–H and O–H groups in total. The van der Waals surface area contributed by atoms with Crippen molar-refractivity contribution in [2.45, 2.75) is 16.7 Å². The lowest BCUT2D eigenvalue weighted by Gasteiger charge is -2.02. The second kappa shape index (κ2) is 4.26. The minimum Gasteiger partial charge on any atom is -0.440 e. The maximum Gasteiger partial charge on any atom is 0.260 e. The van der Waals surface area contributed by atoms with Crippen molar-refractivity contribution >= 4 is 11.8 Å². The van der Waals surface area contributed by atoms with Crippen LogP contribution in [0.4, 0.5) is 0 Å². The molecule has 2 heterocycles. The Morgan fingerprint density at radius 2 is 2.36 bits per heavy atom. The van der Waals surface area contributed by atoms with Gasteiger partial charge in [-0.05, 0) is 23.4 Å². The topological polar surface area (TPSA) is 64.9 Å². The number of nitrogens with zero attached hydrogens (tertiary/aromatic N) is 2. The number of oxazole rings is 1. The van der Waals surface area contributed by atoms with Crippen LogP contribution >= 0.6 is 11.8 Å². The highest BCUT2D eigenvalue weighted by Crippen LogP contribution is 2.28. The summed E-state index contributed by atoms with van der Waals surface area (Å²) in [5.74, 6) is 0.